The second kappa shape index (κ2) is 6.15. The Balaban J connectivity index is 1.67. The molecule has 2 aromatic carbocycles. The van der Waals surface area contributed by atoms with Gasteiger partial charge in [-0.1, -0.05) is 49.4 Å². The fourth-order valence-corrected chi connectivity index (χ4v) is 2.67. The van der Waals surface area contributed by atoms with Crippen molar-refractivity contribution in [2.45, 2.75) is 33.4 Å². The van der Waals surface area contributed by atoms with Crippen molar-refractivity contribution in [3.8, 4) is 0 Å². The molecule has 0 bridgehead atoms. The van der Waals surface area contributed by atoms with Crippen molar-refractivity contribution in [3.63, 3.8) is 0 Å². The number of rotatable bonds is 5. The first kappa shape index (κ1) is 13.9. The summed E-state index contributed by atoms with van der Waals surface area (Å²) in [6, 6.07) is 17.0. The van der Waals surface area contributed by atoms with E-state index < -0.39 is 0 Å². The molecule has 0 aliphatic heterocycles. The fourth-order valence-electron chi connectivity index (χ4n) is 2.67. The Morgan fingerprint density at radius 1 is 0.905 bits per heavy atom. The van der Waals surface area contributed by atoms with E-state index in [1.165, 1.54) is 22.1 Å². The number of para-hydroxylation sites is 1. The first-order chi connectivity index (χ1) is 10.3. The van der Waals surface area contributed by atoms with Crippen LogP contribution < -0.4 is 5.32 Å². The molecule has 0 fully saturated rings. The van der Waals surface area contributed by atoms with Crippen LogP contribution >= 0.6 is 0 Å². The van der Waals surface area contributed by atoms with E-state index in [9.17, 15) is 0 Å². The Bertz CT molecular complexity index is 725. The highest BCUT2D eigenvalue weighted by molar-refractivity contribution is 5.82. The number of furan rings is 1. The van der Waals surface area contributed by atoms with Crippen LogP contribution in [0.4, 0.5) is 0 Å². The summed E-state index contributed by atoms with van der Waals surface area (Å²) >= 11 is 0. The Kier molecular flexibility index (Phi) is 4.07. The van der Waals surface area contributed by atoms with E-state index in [1.807, 2.05) is 19.1 Å². The number of hydrogen-bond acceptors (Lipinski definition) is 2. The standard InChI is InChI=1S/C19H21NO/c1-3-15-8-10-16(11-9-15)12-20-13-18-14(2)21-19-7-5-4-6-17(18)19/h4-11,20H,3,12-13H2,1-2H3. The van der Waals surface area contributed by atoms with Crippen LogP contribution in [0.5, 0.6) is 0 Å². The van der Waals surface area contributed by atoms with Crippen molar-refractivity contribution in [3.05, 3.63) is 71.0 Å². The van der Waals surface area contributed by atoms with Gasteiger partial charge in [0.2, 0.25) is 0 Å². The summed E-state index contributed by atoms with van der Waals surface area (Å²) in [5.41, 5.74) is 4.93. The highest BCUT2D eigenvalue weighted by Crippen LogP contribution is 2.24. The number of fused-ring (bicyclic) bond motifs is 1. The summed E-state index contributed by atoms with van der Waals surface area (Å²) in [6.45, 7) is 5.93. The Labute approximate surface area is 125 Å². The van der Waals surface area contributed by atoms with Gasteiger partial charge in [-0.25, -0.2) is 0 Å². The van der Waals surface area contributed by atoms with Gasteiger partial charge in [0.1, 0.15) is 11.3 Å². The molecule has 0 saturated carbocycles. The van der Waals surface area contributed by atoms with Gasteiger partial charge in [-0.3, -0.25) is 0 Å². The van der Waals surface area contributed by atoms with Crippen LogP contribution in [0.15, 0.2) is 52.9 Å². The molecule has 0 spiro atoms. The zero-order chi connectivity index (χ0) is 14.7. The lowest BCUT2D eigenvalue weighted by Gasteiger charge is -2.06. The minimum Gasteiger partial charge on any atom is -0.461 e. The van der Waals surface area contributed by atoms with Crippen LogP contribution in [-0.2, 0) is 19.5 Å². The van der Waals surface area contributed by atoms with Gasteiger partial charge in [-0.2, -0.15) is 0 Å². The van der Waals surface area contributed by atoms with Crippen molar-refractivity contribution in [1.82, 2.24) is 5.32 Å². The van der Waals surface area contributed by atoms with Gasteiger partial charge in [0.05, 0.1) is 0 Å². The zero-order valence-corrected chi connectivity index (χ0v) is 12.6. The molecule has 0 radical (unpaired) electrons. The minimum absolute atomic E-state index is 0.832. The molecule has 21 heavy (non-hydrogen) atoms. The SMILES string of the molecule is CCc1ccc(CNCc2c(C)oc3ccccc23)cc1. The van der Waals surface area contributed by atoms with Crippen molar-refractivity contribution in [1.29, 1.82) is 0 Å². The third-order valence-electron chi connectivity index (χ3n) is 3.96. The predicted octanol–water partition coefficient (Wildman–Crippen LogP) is 4.59. The van der Waals surface area contributed by atoms with Gasteiger partial charge >= 0.3 is 0 Å². The number of aryl methyl sites for hydroxylation is 2. The summed E-state index contributed by atoms with van der Waals surface area (Å²) in [5.74, 6) is 1.00. The van der Waals surface area contributed by atoms with Crippen molar-refractivity contribution in [2.24, 2.45) is 0 Å². The molecule has 0 saturated heterocycles. The summed E-state index contributed by atoms with van der Waals surface area (Å²) in [6.07, 6.45) is 1.09. The van der Waals surface area contributed by atoms with Crippen molar-refractivity contribution in [2.75, 3.05) is 0 Å². The highest BCUT2D eigenvalue weighted by Gasteiger charge is 2.09. The Hall–Kier alpha value is -2.06. The lowest BCUT2D eigenvalue weighted by Crippen LogP contribution is -2.13. The molecular weight excluding hydrogens is 258 g/mol. The Morgan fingerprint density at radius 3 is 2.38 bits per heavy atom. The van der Waals surface area contributed by atoms with Gasteiger partial charge in [-0.05, 0) is 30.5 Å². The van der Waals surface area contributed by atoms with Crippen LogP contribution in [0.2, 0.25) is 0 Å². The highest BCUT2D eigenvalue weighted by atomic mass is 16.3. The van der Waals surface area contributed by atoms with Crippen LogP contribution in [0.1, 0.15) is 29.4 Å². The number of hydrogen-bond donors (Lipinski definition) is 1. The summed E-state index contributed by atoms with van der Waals surface area (Å²) in [5, 5.41) is 4.73. The van der Waals surface area contributed by atoms with E-state index in [1.54, 1.807) is 0 Å². The maximum Gasteiger partial charge on any atom is 0.134 e. The van der Waals surface area contributed by atoms with E-state index in [0.717, 1.165) is 30.9 Å². The molecule has 0 amide bonds. The van der Waals surface area contributed by atoms with Gasteiger partial charge in [0.15, 0.2) is 0 Å². The molecule has 2 nitrogen and oxygen atoms in total. The van der Waals surface area contributed by atoms with Gasteiger partial charge in [0, 0.05) is 24.0 Å². The van der Waals surface area contributed by atoms with E-state index in [0.29, 0.717) is 0 Å². The molecular formula is C19H21NO. The molecule has 0 unspecified atom stereocenters. The summed E-state index contributed by atoms with van der Waals surface area (Å²) in [7, 11) is 0. The smallest absolute Gasteiger partial charge is 0.134 e. The third-order valence-corrected chi connectivity index (χ3v) is 3.96. The Morgan fingerprint density at radius 2 is 1.62 bits per heavy atom. The van der Waals surface area contributed by atoms with E-state index in [-0.39, 0.29) is 0 Å². The molecule has 2 heteroatoms. The normalized spacial score (nSPS) is 11.1. The summed E-state index contributed by atoms with van der Waals surface area (Å²) < 4.78 is 5.79. The summed E-state index contributed by atoms with van der Waals surface area (Å²) in [4.78, 5) is 0. The van der Waals surface area contributed by atoms with Gasteiger partial charge < -0.3 is 9.73 Å². The maximum atomic E-state index is 5.79. The lowest BCUT2D eigenvalue weighted by atomic mass is 10.1. The molecule has 108 valence electrons. The maximum absolute atomic E-state index is 5.79. The molecule has 0 atom stereocenters. The third kappa shape index (κ3) is 3.01. The first-order valence-corrected chi connectivity index (χ1v) is 7.53. The average Bonchev–Trinajstić information content (AvgIpc) is 2.84. The van der Waals surface area contributed by atoms with Crippen LogP contribution in [0, 0.1) is 6.92 Å². The van der Waals surface area contributed by atoms with Crippen molar-refractivity contribution >= 4 is 11.0 Å². The topological polar surface area (TPSA) is 25.2 Å². The average molecular weight is 279 g/mol. The van der Waals surface area contributed by atoms with E-state index in [2.05, 4.69) is 48.6 Å². The zero-order valence-electron chi connectivity index (χ0n) is 12.6. The monoisotopic (exact) mass is 279 g/mol. The molecule has 3 rings (SSSR count). The molecule has 1 heterocycles. The lowest BCUT2D eigenvalue weighted by molar-refractivity contribution is 0.565. The first-order valence-electron chi connectivity index (χ1n) is 7.53. The van der Waals surface area contributed by atoms with Crippen LogP contribution in [-0.4, -0.2) is 0 Å². The largest absolute Gasteiger partial charge is 0.461 e. The van der Waals surface area contributed by atoms with Crippen LogP contribution in [0.25, 0.3) is 11.0 Å². The molecule has 1 N–H and O–H groups in total. The molecule has 0 aliphatic rings. The predicted molar refractivity (Wildman–Crippen MR) is 87.3 cm³/mol. The second-order valence-corrected chi connectivity index (χ2v) is 5.41. The van der Waals surface area contributed by atoms with Crippen LogP contribution in [0.3, 0.4) is 0 Å². The minimum atomic E-state index is 0.832. The van der Waals surface area contributed by atoms with Gasteiger partial charge in [-0.15, -0.1) is 0 Å². The van der Waals surface area contributed by atoms with E-state index in [4.69, 9.17) is 4.42 Å². The molecule has 0 aliphatic carbocycles. The van der Waals surface area contributed by atoms with E-state index >= 15 is 0 Å². The second-order valence-electron chi connectivity index (χ2n) is 5.41. The molecule has 1 aromatic heterocycles. The van der Waals surface area contributed by atoms with Crippen molar-refractivity contribution < 1.29 is 4.42 Å². The fraction of sp³-hybridized carbons (Fsp3) is 0.263. The number of benzene rings is 2. The number of nitrogens with one attached hydrogen (secondary N) is 1. The van der Waals surface area contributed by atoms with Gasteiger partial charge in [0.25, 0.3) is 0 Å². The molecule has 3 aromatic rings. The quantitative estimate of drug-likeness (QED) is 0.738.